The summed E-state index contributed by atoms with van der Waals surface area (Å²) in [5.74, 6) is -0.197. The molecule has 0 amide bonds. The van der Waals surface area contributed by atoms with Crippen molar-refractivity contribution in [2.75, 3.05) is 0 Å². The molecule has 0 aromatic carbocycles. The van der Waals surface area contributed by atoms with Crippen LogP contribution in [0.5, 0.6) is 0 Å². The topological polar surface area (TPSA) is 28.7 Å². The van der Waals surface area contributed by atoms with Crippen LogP contribution >= 0.6 is 0 Å². The molecule has 50 valence electrons. The van der Waals surface area contributed by atoms with Gasteiger partial charge >= 0.3 is 0 Å². The number of hydrogen-bond donors (Lipinski definition) is 1. The highest BCUT2D eigenvalue weighted by molar-refractivity contribution is 5.09. The SMILES string of the molecule is CCc1n[nH]c(C)c1F. The molecule has 3 heteroatoms. The molecule has 1 aromatic heterocycles. The number of aromatic nitrogens is 2. The molecular weight excluding hydrogens is 119 g/mol. The average Bonchev–Trinajstić information content (AvgIpc) is 2.15. The van der Waals surface area contributed by atoms with E-state index in [0.717, 1.165) is 0 Å². The number of aryl methyl sites for hydroxylation is 2. The normalized spacial score (nSPS) is 10.1. The second kappa shape index (κ2) is 2.17. The Morgan fingerprint density at radius 1 is 1.67 bits per heavy atom. The fourth-order valence-corrected chi connectivity index (χ4v) is 0.700. The molecule has 1 N–H and O–H groups in total. The molecule has 0 spiro atoms. The van der Waals surface area contributed by atoms with Crippen molar-refractivity contribution >= 4 is 0 Å². The van der Waals surface area contributed by atoms with Crippen molar-refractivity contribution in [2.45, 2.75) is 20.3 Å². The zero-order chi connectivity index (χ0) is 6.85. The quantitative estimate of drug-likeness (QED) is 0.608. The van der Waals surface area contributed by atoms with Crippen LogP contribution in [0.2, 0.25) is 0 Å². The third-order valence-electron chi connectivity index (χ3n) is 1.28. The first-order valence-corrected chi connectivity index (χ1v) is 2.95. The van der Waals surface area contributed by atoms with Crippen LogP contribution in [0.4, 0.5) is 4.39 Å². The van der Waals surface area contributed by atoms with E-state index < -0.39 is 0 Å². The molecule has 0 saturated carbocycles. The largest absolute Gasteiger partial charge is 0.280 e. The summed E-state index contributed by atoms with van der Waals surface area (Å²) in [4.78, 5) is 0. The number of hydrogen-bond acceptors (Lipinski definition) is 1. The van der Waals surface area contributed by atoms with Gasteiger partial charge in [0.25, 0.3) is 0 Å². The van der Waals surface area contributed by atoms with Crippen LogP contribution in [-0.4, -0.2) is 10.2 Å². The molecule has 0 atom stereocenters. The second-order valence-corrected chi connectivity index (χ2v) is 1.96. The third kappa shape index (κ3) is 0.943. The van der Waals surface area contributed by atoms with Crippen LogP contribution in [0.25, 0.3) is 0 Å². The molecule has 0 aliphatic heterocycles. The van der Waals surface area contributed by atoms with E-state index in [-0.39, 0.29) is 5.82 Å². The van der Waals surface area contributed by atoms with Gasteiger partial charge in [0.1, 0.15) is 0 Å². The van der Waals surface area contributed by atoms with Crippen molar-refractivity contribution in [3.05, 3.63) is 17.2 Å². The first-order valence-electron chi connectivity index (χ1n) is 2.95. The monoisotopic (exact) mass is 128 g/mol. The van der Waals surface area contributed by atoms with Crippen LogP contribution in [0.3, 0.4) is 0 Å². The summed E-state index contributed by atoms with van der Waals surface area (Å²) >= 11 is 0. The summed E-state index contributed by atoms with van der Waals surface area (Å²) in [7, 11) is 0. The second-order valence-electron chi connectivity index (χ2n) is 1.96. The maximum Gasteiger partial charge on any atom is 0.166 e. The summed E-state index contributed by atoms with van der Waals surface area (Å²) < 4.78 is 12.7. The lowest BCUT2D eigenvalue weighted by atomic mass is 10.3. The highest BCUT2D eigenvalue weighted by Gasteiger charge is 2.05. The summed E-state index contributed by atoms with van der Waals surface area (Å²) in [5, 5.41) is 6.30. The zero-order valence-corrected chi connectivity index (χ0v) is 5.53. The van der Waals surface area contributed by atoms with Crippen LogP contribution in [-0.2, 0) is 6.42 Å². The molecule has 0 bridgehead atoms. The Hall–Kier alpha value is -0.860. The van der Waals surface area contributed by atoms with E-state index in [4.69, 9.17) is 0 Å². The van der Waals surface area contributed by atoms with E-state index in [1.165, 1.54) is 0 Å². The summed E-state index contributed by atoms with van der Waals surface area (Å²) in [5.41, 5.74) is 1.04. The number of H-pyrrole nitrogens is 1. The van der Waals surface area contributed by atoms with E-state index in [1.807, 2.05) is 6.92 Å². The highest BCUT2D eigenvalue weighted by atomic mass is 19.1. The molecular formula is C6H9FN2. The molecule has 1 aromatic rings. The first-order chi connectivity index (χ1) is 4.25. The molecule has 0 unspecified atom stereocenters. The lowest BCUT2D eigenvalue weighted by Gasteiger charge is -1.84. The van der Waals surface area contributed by atoms with Gasteiger partial charge in [-0.05, 0) is 13.3 Å². The average molecular weight is 128 g/mol. The molecule has 2 nitrogen and oxygen atoms in total. The van der Waals surface area contributed by atoms with Crippen LogP contribution in [0, 0.1) is 12.7 Å². The number of nitrogens with one attached hydrogen (secondary N) is 1. The Bertz CT molecular complexity index is 205. The molecule has 0 aliphatic rings. The molecule has 0 saturated heterocycles. The van der Waals surface area contributed by atoms with Crippen molar-refractivity contribution in [2.24, 2.45) is 0 Å². The van der Waals surface area contributed by atoms with Gasteiger partial charge in [0.2, 0.25) is 0 Å². The van der Waals surface area contributed by atoms with E-state index in [0.29, 0.717) is 17.8 Å². The van der Waals surface area contributed by atoms with Crippen LogP contribution < -0.4 is 0 Å². The Labute approximate surface area is 53.1 Å². The zero-order valence-electron chi connectivity index (χ0n) is 5.53. The Kier molecular flexibility index (Phi) is 1.51. The number of rotatable bonds is 1. The Morgan fingerprint density at radius 3 is 2.56 bits per heavy atom. The van der Waals surface area contributed by atoms with Gasteiger partial charge in [-0.1, -0.05) is 6.92 Å². The van der Waals surface area contributed by atoms with Crippen LogP contribution in [0.1, 0.15) is 18.3 Å². The van der Waals surface area contributed by atoms with Gasteiger partial charge in [0.05, 0.1) is 11.4 Å². The summed E-state index contributed by atoms with van der Waals surface area (Å²) in [6.07, 6.45) is 0.649. The van der Waals surface area contributed by atoms with E-state index in [2.05, 4.69) is 10.2 Å². The highest BCUT2D eigenvalue weighted by Crippen LogP contribution is 2.06. The van der Waals surface area contributed by atoms with Gasteiger partial charge in [-0.15, -0.1) is 0 Å². The lowest BCUT2D eigenvalue weighted by molar-refractivity contribution is 0.604. The van der Waals surface area contributed by atoms with E-state index in [1.54, 1.807) is 6.92 Å². The maximum absolute atomic E-state index is 12.7. The standard InChI is InChI=1S/C6H9FN2/c1-3-5-6(7)4(2)8-9-5/h3H2,1-2H3,(H,8,9). The Balaban J connectivity index is 3.04. The lowest BCUT2D eigenvalue weighted by Crippen LogP contribution is -1.83. The van der Waals surface area contributed by atoms with Crippen molar-refractivity contribution < 1.29 is 4.39 Å². The first kappa shape index (κ1) is 6.26. The van der Waals surface area contributed by atoms with Gasteiger partial charge in [0, 0.05) is 0 Å². The smallest absolute Gasteiger partial charge is 0.166 e. The van der Waals surface area contributed by atoms with E-state index >= 15 is 0 Å². The van der Waals surface area contributed by atoms with Gasteiger partial charge in [-0.3, -0.25) is 5.10 Å². The molecule has 1 rings (SSSR count). The van der Waals surface area contributed by atoms with Crippen molar-refractivity contribution in [3.63, 3.8) is 0 Å². The maximum atomic E-state index is 12.7. The van der Waals surface area contributed by atoms with Gasteiger partial charge in [0.15, 0.2) is 5.82 Å². The predicted molar refractivity (Wildman–Crippen MR) is 32.7 cm³/mol. The Morgan fingerprint density at radius 2 is 2.33 bits per heavy atom. The number of nitrogens with zero attached hydrogens (tertiary/aromatic N) is 1. The molecule has 0 radical (unpaired) electrons. The van der Waals surface area contributed by atoms with Gasteiger partial charge in [-0.2, -0.15) is 5.10 Å². The summed E-state index contributed by atoms with van der Waals surface area (Å²) in [6, 6.07) is 0. The molecule has 0 fully saturated rings. The van der Waals surface area contributed by atoms with Crippen molar-refractivity contribution in [3.8, 4) is 0 Å². The molecule has 1 heterocycles. The van der Waals surface area contributed by atoms with Crippen molar-refractivity contribution in [1.82, 2.24) is 10.2 Å². The van der Waals surface area contributed by atoms with Crippen molar-refractivity contribution in [1.29, 1.82) is 0 Å². The predicted octanol–water partition coefficient (Wildman–Crippen LogP) is 1.42. The molecule has 9 heavy (non-hydrogen) atoms. The fourth-order valence-electron chi connectivity index (χ4n) is 0.700. The third-order valence-corrected chi connectivity index (χ3v) is 1.28. The van der Waals surface area contributed by atoms with Gasteiger partial charge < -0.3 is 0 Å². The molecule has 0 aliphatic carbocycles. The fraction of sp³-hybridized carbons (Fsp3) is 0.500. The summed E-state index contributed by atoms with van der Waals surface area (Å²) in [6.45, 7) is 3.54. The minimum Gasteiger partial charge on any atom is -0.280 e. The van der Waals surface area contributed by atoms with Gasteiger partial charge in [-0.25, -0.2) is 4.39 Å². The minimum atomic E-state index is -0.197. The number of halogens is 1. The number of aromatic amines is 1. The van der Waals surface area contributed by atoms with E-state index in [9.17, 15) is 4.39 Å². The minimum absolute atomic E-state index is 0.197. The van der Waals surface area contributed by atoms with Crippen LogP contribution in [0.15, 0.2) is 0 Å².